The molecule has 1 atom stereocenters. The molecule has 0 fully saturated rings. The standard InChI is InChI=1S/C17H14N2O4S/c1-10(20)13-8-9-14(24-13)17(21)22-11(2)15-18-19-16(23-15)12-6-4-3-5-7-12/h3-9,11H,1-2H3/t11-/m0/s1. The van der Waals surface area contributed by atoms with Crippen LogP contribution in [-0.2, 0) is 4.74 Å². The minimum absolute atomic E-state index is 0.0866. The topological polar surface area (TPSA) is 82.3 Å². The Balaban J connectivity index is 1.70. The van der Waals surface area contributed by atoms with Crippen molar-refractivity contribution in [1.82, 2.24) is 10.2 Å². The van der Waals surface area contributed by atoms with Crippen LogP contribution in [0.15, 0.2) is 46.9 Å². The third-order valence-electron chi connectivity index (χ3n) is 3.25. The zero-order valence-corrected chi connectivity index (χ0v) is 13.9. The number of ketones is 1. The van der Waals surface area contributed by atoms with Gasteiger partial charge in [-0.3, -0.25) is 4.79 Å². The van der Waals surface area contributed by atoms with Gasteiger partial charge in [0.25, 0.3) is 5.89 Å². The second kappa shape index (κ2) is 6.76. The third-order valence-corrected chi connectivity index (χ3v) is 4.41. The predicted molar refractivity (Wildman–Crippen MR) is 87.9 cm³/mol. The van der Waals surface area contributed by atoms with Crippen LogP contribution in [0.1, 0.15) is 45.2 Å². The van der Waals surface area contributed by atoms with E-state index in [2.05, 4.69) is 10.2 Å². The van der Waals surface area contributed by atoms with E-state index in [1.807, 2.05) is 30.3 Å². The smallest absolute Gasteiger partial charge is 0.349 e. The average Bonchev–Trinajstić information content (AvgIpc) is 3.25. The van der Waals surface area contributed by atoms with Crippen LogP contribution >= 0.6 is 11.3 Å². The first kappa shape index (κ1) is 16.1. The molecule has 1 aromatic carbocycles. The zero-order chi connectivity index (χ0) is 17.1. The van der Waals surface area contributed by atoms with Gasteiger partial charge in [-0.25, -0.2) is 4.79 Å². The molecule has 0 amide bonds. The second-order valence-electron chi connectivity index (χ2n) is 5.08. The molecule has 0 radical (unpaired) electrons. The van der Waals surface area contributed by atoms with Gasteiger partial charge >= 0.3 is 5.97 Å². The second-order valence-corrected chi connectivity index (χ2v) is 6.16. The van der Waals surface area contributed by atoms with Gasteiger partial charge in [-0.15, -0.1) is 21.5 Å². The molecule has 7 heteroatoms. The number of esters is 1. The van der Waals surface area contributed by atoms with Gasteiger partial charge in [-0.05, 0) is 38.1 Å². The van der Waals surface area contributed by atoms with E-state index in [9.17, 15) is 9.59 Å². The fraction of sp³-hybridized carbons (Fsp3) is 0.176. The van der Waals surface area contributed by atoms with Crippen LogP contribution in [0.4, 0.5) is 0 Å². The van der Waals surface area contributed by atoms with E-state index in [0.29, 0.717) is 15.6 Å². The summed E-state index contributed by atoms with van der Waals surface area (Å²) in [6.45, 7) is 3.10. The summed E-state index contributed by atoms with van der Waals surface area (Å²) in [5.41, 5.74) is 0.791. The first-order chi connectivity index (χ1) is 11.5. The first-order valence-corrected chi connectivity index (χ1v) is 8.07. The lowest BCUT2D eigenvalue weighted by Gasteiger charge is -2.07. The van der Waals surface area contributed by atoms with Crippen LogP contribution < -0.4 is 0 Å². The Morgan fingerprint density at radius 1 is 1.08 bits per heavy atom. The van der Waals surface area contributed by atoms with Crippen molar-refractivity contribution in [2.24, 2.45) is 0 Å². The maximum Gasteiger partial charge on any atom is 0.349 e. The van der Waals surface area contributed by atoms with Gasteiger partial charge in [0.05, 0.1) is 4.88 Å². The van der Waals surface area contributed by atoms with Crippen LogP contribution in [0.25, 0.3) is 11.5 Å². The van der Waals surface area contributed by atoms with Gasteiger partial charge in [0.2, 0.25) is 5.89 Å². The Bertz CT molecular complexity index is 870. The number of hydrogen-bond donors (Lipinski definition) is 0. The minimum Gasteiger partial charge on any atom is -0.448 e. The summed E-state index contributed by atoms with van der Waals surface area (Å²) in [5.74, 6) is -0.0370. The van der Waals surface area contributed by atoms with Crippen molar-refractivity contribution in [1.29, 1.82) is 0 Å². The molecule has 3 rings (SSSR count). The average molecular weight is 342 g/mol. The molecule has 6 nitrogen and oxygen atoms in total. The van der Waals surface area contributed by atoms with Crippen molar-refractivity contribution in [3.05, 3.63) is 58.1 Å². The number of rotatable bonds is 5. The van der Waals surface area contributed by atoms with Crippen molar-refractivity contribution in [2.75, 3.05) is 0 Å². The van der Waals surface area contributed by atoms with E-state index >= 15 is 0 Å². The van der Waals surface area contributed by atoms with E-state index < -0.39 is 12.1 Å². The summed E-state index contributed by atoms with van der Waals surface area (Å²) >= 11 is 1.10. The summed E-state index contributed by atoms with van der Waals surface area (Å²) in [5, 5.41) is 7.89. The van der Waals surface area contributed by atoms with Crippen molar-refractivity contribution >= 4 is 23.1 Å². The lowest BCUT2D eigenvalue weighted by Crippen LogP contribution is -2.08. The lowest BCUT2D eigenvalue weighted by atomic mass is 10.2. The predicted octanol–water partition coefficient (Wildman–Crippen LogP) is 3.92. The number of aromatic nitrogens is 2. The number of thiophene rings is 1. The summed E-state index contributed by atoms with van der Waals surface area (Å²) < 4.78 is 10.9. The highest BCUT2D eigenvalue weighted by Crippen LogP contribution is 2.24. The zero-order valence-electron chi connectivity index (χ0n) is 13.1. The third kappa shape index (κ3) is 3.41. The van der Waals surface area contributed by atoms with Crippen molar-refractivity contribution in [3.63, 3.8) is 0 Å². The Kier molecular flexibility index (Phi) is 4.52. The largest absolute Gasteiger partial charge is 0.448 e. The summed E-state index contributed by atoms with van der Waals surface area (Å²) in [4.78, 5) is 24.3. The molecular weight excluding hydrogens is 328 g/mol. The van der Waals surface area contributed by atoms with Crippen molar-refractivity contribution < 1.29 is 18.7 Å². The number of nitrogens with zero attached hydrogens (tertiary/aromatic N) is 2. The van der Waals surface area contributed by atoms with Crippen LogP contribution in [0.2, 0.25) is 0 Å². The fourth-order valence-corrected chi connectivity index (χ4v) is 2.79. The maximum absolute atomic E-state index is 12.1. The quantitative estimate of drug-likeness (QED) is 0.516. The highest BCUT2D eigenvalue weighted by atomic mass is 32.1. The molecule has 0 aliphatic heterocycles. The van der Waals surface area contributed by atoms with E-state index in [4.69, 9.17) is 9.15 Å². The van der Waals surface area contributed by atoms with Crippen LogP contribution in [0.3, 0.4) is 0 Å². The SMILES string of the molecule is CC(=O)c1ccc(C(=O)O[C@@H](C)c2nnc(-c3ccccc3)o2)s1. The van der Waals surface area contributed by atoms with E-state index in [1.54, 1.807) is 19.1 Å². The molecule has 0 N–H and O–H groups in total. The Hall–Kier alpha value is -2.80. The molecule has 0 saturated carbocycles. The van der Waals surface area contributed by atoms with Crippen LogP contribution in [0, 0.1) is 0 Å². The van der Waals surface area contributed by atoms with Gasteiger partial charge in [0.15, 0.2) is 11.9 Å². The molecule has 3 aromatic rings. The number of carbonyl (C=O) groups is 2. The Morgan fingerprint density at radius 2 is 1.79 bits per heavy atom. The maximum atomic E-state index is 12.1. The summed E-state index contributed by atoms with van der Waals surface area (Å²) in [6.07, 6.45) is -0.689. The molecule has 0 aliphatic rings. The van der Waals surface area contributed by atoms with Gasteiger partial charge in [0, 0.05) is 5.56 Å². The highest BCUT2D eigenvalue weighted by Gasteiger charge is 2.21. The molecule has 122 valence electrons. The summed E-state index contributed by atoms with van der Waals surface area (Å²) in [7, 11) is 0. The van der Waals surface area contributed by atoms with E-state index in [-0.39, 0.29) is 11.7 Å². The molecule has 0 aliphatic carbocycles. The van der Waals surface area contributed by atoms with Crippen LogP contribution in [-0.4, -0.2) is 21.9 Å². The normalized spacial score (nSPS) is 11.9. The first-order valence-electron chi connectivity index (χ1n) is 7.25. The molecule has 2 aromatic heterocycles. The van der Waals surface area contributed by atoms with Gasteiger partial charge in [-0.2, -0.15) is 0 Å². The molecule has 0 bridgehead atoms. The molecule has 2 heterocycles. The Labute approximate surface area is 142 Å². The fourth-order valence-electron chi connectivity index (χ4n) is 2.00. The van der Waals surface area contributed by atoms with E-state index in [0.717, 1.165) is 16.9 Å². The van der Waals surface area contributed by atoms with Crippen LogP contribution in [0.5, 0.6) is 0 Å². The van der Waals surface area contributed by atoms with E-state index in [1.165, 1.54) is 6.92 Å². The van der Waals surface area contributed by atoms with Gasteiger partial charge in [-0.1, -0.05) is 18.2 Å². The monoisotopic (exact) mass is 342 g/mol. The number of hydrogen-bond acceptors (Lipinski definition) is 7. The molecule has 0 spiro atoms. The Morgan fingerprint density at radius 3 is 2.46 bits per heavy atom. The van der Waals surface area contributed by atoms with Crippen molar-refractivity contribution in [3.8, 4) is 11.5 Å². The number of ether oxygens (including phenoxy) is 1. The number of carbonyl (C=O) groups excluding carboxylic acids is 2. The molecule has 0 unspecified atom stereocenters. The molecular formula is C17H14N2O4S. The lowest BCUT2D eigenvalue weighted by molar-refractivity contribution is 0.0285. The minimum atomic E-state index is -0.689. The van der Waals surface area contributed by atoms with Crippen molar-refractivity contribution in [2.45, 2.75) is 20.0 Å². The van der Waals surface area contributed by atoms with Gasteiger partial charge in [0.1, 0.15) is 4.88 Å². The number of benzene rings is 1. The molecule has 0 saturated heterocycles. The highest BCUT2D eigenvalue weighted by molar-refractivity contribution is 7.15. The number of Topliss-reactive ketones (excluding diaryl/α,β-unsaturated/α-hetero) is 1. The summed E-state index contributed by atoms with van der Waals surface area (Å²) in [6, 6.07) is 12.5. The van der Waals surface area contributed by atoms with Gasteiger partial charge < -0.3 is 9.15 Å². The molecule has 24 heavy (non-hydrogen) atoms.